The molecule has 2 fully saturated rings. The molecule has 0 bridgehead atoms. The van der Waals surface area contributed by atoms with Crippen LogP contribution < -0.4 is 0 Å². The van der Waals surface area contributed by atoms with Gasteiger partial charge in [-0.25, -0.2) is 9.69 Å². The van der Waals surface area contributed by atoms with E-state index in [4.69, 9.17) is 0 Å². The molecule has 2 saturated heterocycles. The topological polar surface area (TPSA) is 66.9 Å². The normalized spacial score (nSPS) is 24.8. The summed E-state index contributed by atoms with van der Waals surface area (Å²) in [5.74, 6) is -0.304. The average molecular weight is 240 g/mol. The number of nitrogens with zero attached hydrogens (tertiary/aromatic N) is 2. The van der Waals surface area contributed by atoms with Gasteiger partial charge in [-0.15, -0.1) is 0 Å². The van der Waals surface area contributed by atoms with E-state index in [0.29, 0.717) is 19.5 Å². The molecule has 6 nitrogen and oxygen atoms in total. The van der Waals surface area contributed by atoms with Crippen LogP contribution in [0.15, 0.2) is 0 Å². The molecule has 0 saturated carbocycles. The number of ether oxygens (including phenoxy) is 1. The van der Waals surface area contributed by atoms with E-state index in [0.717, 1.165) is 4.90 Å². The van der Waals surface area contributed by atoms with Crippen molar-refractivity contribution in [1.82, 2.24) is 9.80 Å². The summed E-state index contributed by atoms with van der Waals surface area (Å²) in [5.41, 5.74) is 0. The van der Waals surface area contributed by atoms with Crippen LogP contribution >= 0.6 is 0 Å². The molecule has 2 rings (SSSR count). The second-order valence-corrected chi connectivity index (χ2v) is 4.70. The summed E-state index contributed by atoms with van der Waals surface area (Å²) in [4.78, 5) is 37.4. The van der Waals surface area contributed by atoms with Gasteiger partial charge in [-0.2, -0.15) is 0 Å². The monoisotopic (exact) mass is 240 g/mol. The lowest BCUT2D eigenvalue weighted by molar-refractivity contribution is -0.134. The molecule has 17 heavy (non-hydrogen) atoms. The van der Waals surface area contributed by atoms with Crippen molar-refractivity contribution in [3.05, 3.63) is 0 Å². The van der Waals surface area contributed by atoms with Crippen LogP contribution in [0.3, 0.4) is 0 Å². The second-order valence-electron chi connectivity index (χ2n) is 4.70. The summed E-state index contributed by atoms with van der Waals surface area (Å²) < 4.78 is 4.67. The molecule has 94 valence electrons. The number of rotatable bonds is 2. The van der Waals surface area contributed by atoms with E-state index < -0.39 is 6.09 Å². The van der Waals surface area contributed by atoms with Gasteiger partial charge >= 0.3 is 6.09 Å². The lowest BCUT2D eigenvalue weighted by Gasteiger charge is -2.21. The highest BCUT2D eigenvalue weighted by Crippen LogP contribution is 2.21. The molecule has 3 amide bonds. The summed E-state index contributed by atoms with van der Waals surface area (Å²) in [7, 11) is 0. The fraction of sp³-hybridized carbons (Fsp3) is 0.727. The first kappa shape index (κ1) is 11.9. The Hall–Kier alpha value is -1.59. The number of cyclic esters (lactones) is 1. The zero-order chi connectivity index (χ0) is 12.6. The molecule has 2 aliphatic heterocycles. The first-order valence-corrected chi connectivity index (χ1v) is 5.78. The average Bonchev–Trinajstić information content (AvgIpc) is 2.85. The summed E-state index contributed by atoms with van der Waals surface area (Å²) in [6, 6.07) is -0.222. The van der Waals surface area contributed by atoms with E-state index in [9.17, 15) is 14.4 Å². The van der Waals surface area contributed by atoms with Crippen LogP contribution in [0.1, 0.15) is 20.3 Å². The van der Waals surface area contributed by atoms with E-state index in [-0.39, 0.29) is 30.4 Å². The fourth-order valence-electron chi connectivity index (χ4n) is 2.23. The molecule has 0 N–H and O–H groups in total. The van der Waals surface area contributed by atoms with Crippen molar-refractivity contribution in [3.8, 4) is 0 Å². The maximum Gasteiger partial charge on any atom is 0.417 e. The third kappa shape index (κ3) is 2.11. The number of imide groups is 1. The number of amides is 3. The highest BCUT2D eigenvalue weighted by Gasteiger charge is 2.41. The molecule has 2 aliphatic rings. The van der Waals surface area contributed by atoms with Gasteiger partial charge in [0.05, 0.1) is 6.04 Å². The van der Waals surface area contributed by atoms with Crippen LogP contribution in [0.25, 0.3) is 0 Å². The maximum atomic E-state index is 11.8. The first-order valence-electron chi connectivity index (χ1n) is 5.78. The summed E-state index contributed by atoms with van der Waals surface area (Å²) >= 11 is 0. The molecule has 0 radical (unpaired) electrons. The van der Waals surface area contributed by atoms with Crippen molar-refractivity contribution in [3.63, 3.8) is 0 Å². The predicted molar refractivity (Wildman–Crippen MR) is 58.0 cm³/mol. The third-order valence-electron chi connectivity index (χ3n) is 3.12. The zero-order valence-corrected chi connectivity index (χ0v) is 10.0. The van der Waals surface area contributed by atoms with Crippen LogP contribution in [0.5, 0.6) is 0 Å². The predicted octanol–water partition coefficient (Wildman–Crippen LogP) is 0.222. The van der Waals surface area contributed by atoms with Crippen LogP contribution in [-0.2, 0) is 14.3 Å². The molecule has 2 heterocycles. The van der Waals surface area contributed by atoms with Crippen LogP contribution in [0.2, 0.25) is 0 Å². The van der Waals surface area contributed by atoms with Gasteiger partial charge < -0.3 is 9.64 Å². The molecule has 0 spiro atoms. The molecular weight excluding hydrogens is 224 g/mol. The summed E-state index contributed by atoms with van der Waals surface area (Å²) in [6.45, 7) is 4.53. The van der Waals surface area contributed by atoms with E-state index in [1.54, 1.807) is 4.90 Å². The van der Waals surface area contributed by atoms with Crippen molar-refractivity contribution in [2.75, 3.05) is 19.7 Å². The molecule has 0 aliphatic carbocycles. The Bertz CT molecular complexity index is 350. The Morgan fingerprint density at radius 3 is 2.65 bits per heavy atom. The minimum absolute atomic E-state index is 0.0602. The molecule has 1 atom stereocenters. The van der Waals surface area contributed by atoms with Gasteiger partial charge in [-0.1, -0.05) is 13.8 Å². The van der Waals surface area contributed by atoms with Gasteiger partial charge in [0.2, 0.25) is 5.91 Å². The first-order chi connectivity index (χ1) is 8.00. The van der Waals surface area contributed by atoms with E-state index in [2.05, 4.69) is 4.74 Å². The van der Waals surface area contributed by atoms with Crippen molar-refractivity contribution in [1.29, 1.82) is 0 Å². The Balaban J connectivity index is 2.00. The third-order valence-corrected chi connectivity index (χ3v) is 3.12. The number of likely N-dealkylation sites (tertiary alicyclic amines) is 1. The van der Waals surface area contributed by atoms with Crippen LogP contribution in [-0.4, -0.2) is 53.4 Å². The van der Waals surface area contributed by atoms with Gasteiger partial charge in [0.25, 0.3) is 5.91 Å². The van der Waals surface area contributed by atoms with Gasteiger partial charge in [0.1, 0.15) is 0 Å². The Morgan fingerprint density at radius 1 is 1.41 bits per heavy atom. The molecule has 0 aromatic rings. The van der Waals surface area contributed by atoms with E-state index in [1.165, 1.54) is 0 Å². The number of carbonyl (C=O) groups is 3. The summed E-state index contributed by atoms with van der Waals surface area (Å²) in [5, 5.41) is 0. The van der Waals surface area contributed by atoms with Crippen molar-refractivity contribution >= 4 is 17.9 Å². The van der Waals surface area contributed by atoms with Gasteiger partial charge in [-0.3, -0.25) is 9.59 Å². The second kappa shape index (κ2) is 4.35. The van der Waals surface area contributed by atoms with Crippen molar-refractivity contribution in [2.24, 2.45) is 5.92 Å². The minimum Gasteiger partial charge on any atom is -0.439 e. The number of hydrogen-bond donors (Lipinski definition) is 0. The highest BCUT2D eigenvalue weighted by molar-refractivity contribution is 5.98. The standard InChI is InChI=1S/C11H16N2O4/c1-7(2)10(15)12-4-3-8(5-12)13-9(14)6-17-11(13)16/h7-8H,3-6H2,1-2H3. The van der Waals surface area contributed by atoms with Crippen molar-refractivity contribution in [2.45, 2.75) is 26.3 Å². The zero-order valence-electron chi connectivity index (χ0n) is 10.0. The lowest BCUT2D eigenvalue weighted by atomic mass is 10.2. The fourth-order valence-corrected chi connectivity index (χ4v) is 2.23. The quantitative estimate of drug-likeness (QED) is 0.692. The largest absolute Gasteiger partial charge is 0.439 e. The van der Waals surface area contributed by atoms with Gasteiger partial charge in [-0.05, 0) is 6.42 Å². The van der Waals surface area contributed by atoms with Crippen LogP contribution in [0.4, 0.5) is 4.79 Å². The van der Waals surface area contributed by atoms with E-state index in [1.807, 2.05) is 13.8 Å². The van der Waals surface area contributed by atoms with Gasteiger partial charge in [0, 0.05) is 19.0 Å². The molecule has 1 unspecified atom stereocenters. The maximum absolute atomic E-state index is 11.8. The van der Waals surface area contributed by atoms with E-state index >= 15 is 0 Å². The van der Waals surface area contributed by atoms with Crippen LogP contribution in [0, 0.1) is 5.92 Å². The molecule has 6 heteroatoms. The number of hydrogen-bond acceptors (Lipinski definition) is 4. The van der Waals surface area contributed by atoms with Gasteiger partial charge in [0.15, 0.2) is 6.61 Å². The summed E-state index contributed by atoms with van der Waals surface area (Å²) in [6.07, 6.45) is 0.0538. The number of carbonyl (C=O) groups excluding carboxylic acids is 3. The smallest absolute Gasteiger partial charge is 0.417 e. The minimum atomic E-state index is -0.584. The molecule has 0 aromatic heterocycles. The van der Waals surface area contributed by atoms with Crippen molar-refractivity contribution < 1.29 is 19.1 Å². The Morgan fingerprint density at radius 2 is 2.12 bits per heavy atom. The lowest BCUT2D eigenvalue weighted by Crippen LogP contribution is -2.42. The Kier molecular flexibility index (Phi) is 3.04. The molecular formula is C11H16N2O4. The molecule has 0 aromatic carbocycles. The Labute approximate surface area is 99.5 Å². The highest BCUT2D eigenvalue weighted by atomic mass is 16.6. The SMILES string of the molecule is CC(C)C(=O)N1CCC(N2C(=O)COC2=O)C1.